The van der Waals surface area contributed by atoms with E-state index in [0.29, 0.717) is 5.92 Å². The molecule has 0 aromatic carbocycles. The summed E-state index contributed by atoms with van der Waals surface area (Å²) in [6, 6.07) is 3.82. The molecule has 0 spiro atoms. The fourth-order valence-electron chi connectivity index (χ4n) is 2.77. The molecule has 0 amide bonds. The van der Waals surface area contributed by atoms with Crippen LogP contribution in [0.2, 0.25) is 0 Å². The van der Waals surface area contributed by atoms with Crippen molar-refractivity contribution < 1.29 is 8.76 Å². The Morgan fingerprint density at radius 1 is 1.48 bits per heavy atom. The van der Waals surface area contributed by atoms with E-state index in [1.165, 1.54) is 4.88 Å². The van der Waals surface area contributed by atoms with Crippen LogP contribution in [0, 0.1) is 11.8 Å². The Morgan fingerprint density at radius 2 is 2.33 bits per heavy atom. The van der Waals surface area contributed by atoms with Crippen molar-refractivity contribution in [1.82, 2.24) is 4.72 Å². The third kappa shape index (κ3) is 3.60. The van der Waals surface area contributed by atoms with Gasteiger partial charge in [-0.15, -0.1) is 11.3 Å². The molecule has 1 N–H and O–H groups in total. The Kier molecular flexibility index (Phi) is 4.85. The van der Waals surface area contributed by atoms with Crippen LogP contribution in [0.25, 0.3) is 5.57 Å². The maximum absolute atomic E-state index is 11.0. The van der Waals surface area contributed by atoms with Gasteiger partial charge in [-0.05, 0) is 46.0 Å². The lowest BCUT2D eigenvalue weighted by Gasteiger charge is -2.30. The van der Waals surface area contributed by atoms with Gasteiger partial charge in [0.05, 0.1) is 9.83 Å². The summed E-state index contributed by atoms with van der Waals surface area (Å²) in [5.41, 5.74) is 1.14. The van der Waals surface area contributed by atoms with Crippen LogP contribution in [0.3, 0.4) is 0 Å². The third-order valence-electron chi connectivity index (χ3n) is 3.75. The van der Waals surface area contributed by atoms with Crippen LogP contribution in [-0.2, 0) is 11.3 Å². The van der Waals surface area contributed by atoms with Gasteiger partial charge >= 0.3 is 0 Å². The van der Waals surface area contributed by atoms with E-state index in [1.807, 2.05) is 6.07 Å². The zero-order valence-electron chi connectivity index (χ0n) is 11.1. The molecule has 0 saturated heterocycles. The van der Waals surface area contributed by atoms with Gasteiger partial charge in [-0.25, -0.2) is 4.72 Å². The van der Waals surface area contributed by atoms with Crippen LogP contribution in [0.1, 0.15) is 11.3 Å². The van der Waals surface area contributed by atoms with E-state index in [4.69, 9.17) is 0 Å². The van der Waals surface area contributed by atoms with Crippen molar-refractivity contribution in [2.24, 2.45) is 16.8 Å². The van der Waals surface area contributed by atoms with Gasteiger partial charge in [0.25, 0.3) is 0 Å². The predicted molar refractivity (Wildman–Crippen MR) is 89.9 cm³/mol. The van der Waals surface area contributed by atoms with Crippen LogP contribution < -0.4 is 4.72 Å². The van der Waals surface area contributed by atoms with Crippen molar-refractivity contribution in [2.45, 2.75) is 12.5 Å². The highest BCUT2D eigenvalue weighted by Crippen LogP contribution is 2.36. The number of halogens is 1. The van der Waals surface area contributed by atoms with E-state index < -0.39 is 11.3 Å². The number of rotatable bonds is 3. The van der Waals surface area contributed by atoms with Gasteiger partial charge in [-0.3, -0.25) is 9.20 Å². The molecular weight excluding hydrogens is 372 g/mol. The Hall–Kier alpha value is -0.600. The summed E-state index contributed by atoms with van der Waals surface area (Å²) in [5, 5.41) is 0. The molecule has 21 heavy (non-hydrogen) atoms. The van der Waals surface area contributed by atoms with Gasteiger partial charge < -0.3 is 4.55 Å². The molecule has 0 saturated carbocycles. The van der Waals surface area contributed by atoms with Gasteiger partial charge in [0.1, 0.15) is 0 Å². The number of fused-ring (bicyclic) bond motifs is 1. The van der Waals surface area contributed by atoms with Crippen molar-refractivity contribution in [3.63, 3.8) is 0 Å². The van der Waals surface area contributed by atoms with Gasteiger partial charge in [0.15, 0.2) is 0 Å². The second-order valence-electron chi connectivity index (χ2n) is 5.05. The molecule has 4 nitrogen and oxygen atoms in total. The number of hydrogen-bond donors (Lipinski definition) is 1. The Bertz CT molecular complexity index is 639. The van der Waals surface area contributed by atoms with Crippen molar-refractivity contribution in [3.8, 4) is 0 Å². The minimum Gasteiger partial charge on any atom is -0.760 e. The first-order valence-electron chi connectivity index (χ1n) is 6.64. The van der Waals surface area contributed by atoms with Crippen LogP contribution in [0.5, 0.6) is 0 Å². The molecule has 4 atom stereocenters. The molecular formula is C14H14BrN2O2S2-. The maximum atomic E-state index is 11.0. The molecule has 7 heteroatoms. The van der Waals surface area contributed by atoms with Gasteiger partial charge in [-0.2, -0.15) is 0 Å². The Labute approximate surface area is 138 Å². The molecule has 0 bridgehead atoms. The van der Waals surface area contributed by atoms with Crippen LogP contribution >= 0.6 is 27.3 Å². The number of nitrogens with zero attached hydrogens (tertiary/aromatic N) is 1. The second kappa shape index (κ2) is 6.66. The third-order valence-corrected chi connectivity index (χ3v) is 5.89. The first-order valence-corrected chi connectivity index (χ1v) is 9.33. The standard InChI is InChI=1S/C14H15BrN2O2S2/c15-14-4-3-13(20-14)10-2-1-9-5-6-16-8-12(11(9)7-10)17-21(18)19/h1-4,7-9,11-12,17H,5-6H2,(H,18,19)/p-1. The quantitative estimate of drug-likeness (QED) is 0.812. The maximum Gasteiger partial charge on any atom is 0.0705 e. The number of allylic oxidation sites excluding steroid dienone is 3. The topological polar surface area (TPSA) is 64.5 Å². The van der Waals surface area contributed by atoms with Crippen molar-refractivity contribution in [3.05, 3.63) is 39.0 Å². The Morgan fingerprint density at radius 3 is 3.05 bits per heavy atom. The van der Waals surface area contributed by atoms with E-state index in [2.05, 4.69) is 49.9 Å². The van der Waals surface area contributed by atoms with Crippen molar-refractivity contribution in [1.29, 1.82) is 0 Å². The summed E-state index contributed by atoms with van der Waals surface area (Å²) in [6.07, 6.45) is 9.17. The number of aliphatic imine (C=N–C) groups is 1. The smallest absolute Gasteiger partial charge is 0.0705 e. The first kappa shape index (κ1) is 15.3. The molecule has 1 aromatic rings. The average molecular weight is 386 g/mol. The molecule has 1 aliphatic carbocycles. The molecule has 0 fully saturated rings. The first-order chi connectivity index (χ1) is 10.1. The molecule has 1 aromatic heterocycles. The lowest BCUT2D eigenvalue weighted by atomic mass is 9.80. The highest BCUT2D eigenvalue weighted by atomic mass is 79.9. The lowest BCUT2D eigenvalue weighted by Crippen LogP contribution is -2.40. The summed E-state index contributed by atoms with van der Waals surface area (Å²) in [7, 11) is 0. The van der Waals surface area contributed by atoms with Crippen LogP contribution in [0.15, 0.2) is 39.1 Å². The normalized spacial score (nSPS) is 29.6. The lowest BCUT2D eigenvalue weighted by molar-refractivity contribution is 0.416. The van der Waals surface area contributed by atoms with Gasteiger partial charge in [0.2, 0.25) is 0 Å². The summed E-state index contributed by atoms with van der Waals surface area (Å²) in [5.74, 6) is 0.427. The van der Waals surface area contributed by atoms with Gasteiger partial charge in [-0.1, -0.05) is 18.2 Å². The molecule has 0 radical (unpaired) electrons. The average Bonchev–Trinajstić information content (AvgIpc) is 2.79. The minimum atomic E-state index is -2.29. The zero-order chi connectivity index (χ0) is 14.8. The van der Waals surface area contributed by atoms with Crippen molar-refractivity contribution >= 4 is 50.3 Å². The summed E-state index contributed by atoms with van der Waals surface area (Å²) >= 11 is 2.87. The SMILES string of the molecule is O=S([O-])NC1C=NCCC2C=CC(c3ccc(Br)s3)=CC21. The predicted octanol–water partition coefficient (Wildman–Crippen LogP) is 2.92. The van der Waals surface area contributed by atoms with E-state index in [1.54, 1.807) is 17.6 Å². The number of nitrogens with one attached hydrogen (secondary N) is 1. The largest absolute Gasteiger partial charge is 0.760 e. The van der Waals surface area contributed by atoms with E-state index in [0.717, 1.165) is 22.3 Å². The van der Waals surface area contributed by atoms with Crippen LogP contribution in [-0.4, -0.2) is 27.6 Å². The highest BCUT2D eigenvalue weighted by Gasteiger charge is 2.29. The van der Waals surface area contributed by atoms with E-state index in [-0.39, 0.29) is 12.0 Å². The van der Waals surface area contributed by atoms with E-state index in [9.17, 15) is 8.76 Å². The summed E-state index contributed by atoms with van der Waals surface area (Å²) < 4.78 is 25.7. The molecule has 1 aliphatic heterocycles. The molecule has 112 valence electrons. The van der Waals surface area contributed by atoms with E-state index >= 15 is 0 Å². The fourth-order valence-corrected chi connectivity index (χ4v) is 4.60. The molecule has 4 unspecified atom stereocenters. The Balaban J connectivity index is 1.91. The molecule has 3 rings (SSSR count). The highest BCUT2D eigenvalue weighted by molar-refractivity contribution is 9.11. The molecule has 2 heterocycles. The second-order valence-corrected chi connectivity index (χ2v) is 8.22. The fraction of sp³-hybridized carbons (Fsp3) is 0.357. The molecule has 2 aliphatic rings. The van der Waals surface area contributed by atoms with Crippen molar-refractivity contribution in [2.75, 3.05) is 6.54 Å². The monoisotopic (exact) mass is 385 g/mol. The van der Waals surface area contributed by atoms with Crippen LogP contribution in [0.4, 0.5) is 0 Å². The number of thiophene rings is 1. The summed E-state index contributed by atoms with van der Waals surface area (Å²) in [6.45, 7) is 0.739. The summed E-state index contributed by atoms with van der Waals surface area (Å²) in [4.78, 5) is 5.48. The zero-order valence-corrected chi connectivity index (χ0v) is 14.3. The minimum absolute atomic E-state index is 0.107. The number of hydrogen-bond acceptors (Lipinski definition) is 4. The van der Waals surface area contributed by atoms with Gasteiger partial charge in [0, 0.05) is 34.8 Å².